The van der Waals surface area contributed by atoms with E-state index in [4.69, 9.17) is 10.4 Å². The number of rotatable bonds is 6. The molecule has 0 heterocycles. The van der Waals surface area contributed by atoms with Crippen LogP contribution in [0.5, 0.6) is 0 Å². The molecular formula is C14H14FNO4S. The summed E-state index contributed by atoms with van der Waals surface area (Å²) < 4.78 is 38.0. The molecule has 0 spiro atoms. The molecule has 0 amide bonds. The molecule has 0 saturated heterocycles. The van der Waals surface area contributed by atoms with E-state index in [1.54, 1.807) is 6.07 Å². The Morgan fingerprint density at radius 3 is 2.57 bits per heavy atom. The third-order valence-electron chi connectivity index (χ3n) is 3.57. The van der Waals surface area contributed by atoms with Crippen molar-refractivity contribution in [3.05, 3.63) is 35.1 Å². The Hall–Kier alpha value is -1.94. The van der Waals surface area contributed by atoms with E-state index < -0.39 is 32.8 Å². The number of nitriles is 1. The van der Waals surface area contributed by atoms with E-state index in [-0.39, 0.29) is 23.3 Å². The van der Waals surface area contributed by atoms with E-state index in [0.29, 0.717) is 12.8 Å². The molecule has 0 radical (unpaired) electrons. The number of sulfone groups is 1. The third kappa shape index (κ3) is 4.02. The average molecular weight is 311 g/mol. The Bertz CT molecular complexity index is 717. The summed E-state index contributed by atoms with van der Waals surface area (Å²) in [6.45, 7) is 0. The highest BCUT2D eigenvalue weighted by Crippen LogP contribution is 2.50. The topological polar surface area (TPSA) is 95.2 Å². The summed E-state index contributed by atoms with van der Waals surface area (Å²) in [6, 6.07) is 5.41. The zero-order valence-electron chi connectivity index (χ0n) is 11.2. The number of nitrogens with zero attached hydrogens (tertiary/aromatic N) is 1. The van der Waals surface area contributed by atoms with Crippen molar-refractivity contribution < 1.29 is 22.7 Å². The molecule has 1 aliphatic carbocycles. The van der Waals surface area contributed by atoms with Gasteiger partial charge in [-0.2, -0.15) is 5.26 Å². The predicted octanol–water partition coefficient (Wildman–Crippen LogP) is 1.87. The van der Waals surface area contributed by atoms with Gasteiger partial charge in [-0.05, 0) is 30.4 Å². The van der Waals surface area contributed by atoms with Crippen molar-refractivity contribution in [2.45, 2.75) is 25.0 Å². The Balaban J connectivity index is 2.12. The first-order valence-electron chi connectivity index (χ1n) is 6.36. The van der Waals surface area contributed by atoms with Crippen LogP contribution < -0.4 is 0 Å². The van der Waals surface area contributed by atoms with Crippen LogP contribution >= 0.6 is 0 Å². The van der Waals surface area contributed by atoms with E-state index in [0.717, 1.165) is 6.07 Å². The van der Waals surface area contributed by atoms with Gasteiger partial charge in [-0.25, -0.2) is 12.8 Å². The molecule has 2 rings (SSSR count). The molecule has 0 atom stereocenters. The van der Waals surface area contributed by atoms with Crippen molar-refractivity contribution in [3.63, 3.8) is 0 Å². The van der Waals surface area contributed by atoms with Gasteiger partial charge in [0.1, 0.15) is 5.82 Å². The Labute approximate surface area is 121 Å². The Kier molecular flexibility index (Phi) is 4.01. The first kappa shape index (κ1) is 15.4. The monoisotopic (exact) mass is 311 g/mol. The highest BCUT2D eigenvalue weighted by atomic mass is 32.2. The third-order valence-corrected chi connectivity index (χ3v) is 5.37. The summed E-state index contributed by atoms with van der Waals surface area (Å²) in [6.07, 6.45) is 0.949. The summed E-state index contributed by atoms with van der Waals surface area (Å²) in [5.74, 6) is -2.48. The number of hydrogen-bond acceptors (Lipinski definition) is 4. The number of hydrogen-bond donors (Lipinski definition) is 1. The van der Waals surface area contributed by atoms with Gasteiger partial charge in [0.2, 0.25) is 0 Å². The molecule has 0 aliphatic heterocycles. The number of carbonyl (C=O) groups is 1. The van der Waals surface area contributed by atoms with Gasteiger partial charge < -0.3 is 5.11 Å². The Morgan fingerprint density at radius 1 is 1.43 bits per heavy atom. The SMILES string of the molecule is N#Cc1ccc(CS(=O)(=O)CC2(CC(=O)O)CC2)c(F)c1. The molecule has 1 fully saturated rings. The highest BCUT2D eigenvalue weighted by molar-refractivity contribution is 7.90. The molecule has 0 unspecified atom stereocenters. The summed E-state index contributed by atoms with van der Waals surface area (Å²) in [5.41, 5.74) is -0.563. The zero-order chi connectivity index (χ0) is 15.7. The molecule has 5 nitrogen and oxygen atoms in total. The van der Waals surface area contributed by atoms with Gasteiger partial charge in [0.25, 0.3) is 0 Å². The smallest absolute Gasteiger partial charge is 0.303 e. The molecule has 1 saturated carbocycles. The summed E-state index contributed by atoms with van der Waals surface area (Å²) in [5, 5.41) is 17.4. The molecule has 0 bridgehead atoms. The van der Waals surface area contributed by atoms with Gasteiger partial charge in [0, 0.05) is 5.56 Å². The van der Waals surface area contributed by atoms with Crippen LogP contribution in [0, 0.1) is 22.6 Å². The minimum Gasteiger partial charge on any atom is -0.481 e. The molecule has 112 valence electrons. The zero-order valence-corrected chi connectivity index (χ0v) is 12.0. The molecular weight excluding hydrogens is 297 g/mol. The van der Waals surface area contributed by atoms with Crippen molar-refractivity contribution in [3.8, 4) is 6.07 Å². The van der Waals surface area contributed by atoms with Crippen LogP contribution in [0.1, 0.15) is 30.4 Å². The van der Waals surface area contributed by atoms with Gasteiger partial charge in [0.05, 0.1) is 29.6 Å². The number of carboxylic acid groups (broad SMARTS) is 1. The lowest BCUT2D eigenvalue weighted by Gasteiger charge is -2.13. The van der Waals surface area contributed by atoms with Gasteiger partial charge in [-0.15, -0.1) is 0 Å². The Morgan fingerprint density at radius 2 is 2.10 bits per heavy atom. The number of halogens is 1. The second-order valence-corrected chi connectivity index (χ2v) is 7.59. The lowest BCUT2D eigenvalue weighted by Crippen LogP contribution is -2.22. The number of carboxylic acids is 1. The van der Waals surface area contributed by atoms with Crippen LogP contribution in [0.2, 0.25) is 0 Å². The van der Waals surface area contributed by atoms with E-state index in [9.17, 15) is 17.6 Å². The predicted molar refractivity (Wildman–Crippen MR) is 72.5 cm³/mol. The normalized spacial score (nSPS) is 16.2. The number of aliphatic carboxylic acids is 1. The fourth-order valence-electron chi connectivity index (χ4n) is 2.36. The van der Waals surface area contributed by atoms with Crippen molar-refractivity contribution in [2.24, 2.45) is 5.41 Å². The molecule has 7 heteroatoms. The van der Waals surface area contributed by atoms with Gasteiger partial charge in [0.15, 0.2) is 9.84 Å². The standard InChI is InChI=1S/C14H14FNO4S/c15-12-5-10(7-16)1-2-11(12)8-21(19,20)9-14(3-4-14)6-13(17)18/h1-2,5H,3-4,6,8-9H2,(H,17,18). The lowest BCUT2D eigenvalue weighted by molar-refractivity contribution is -0.138. The maximum atomic E-state index is 13.7. The summed E-state index contributed by atoms with van der Waals surface area (Å²) in [7, 11) is -3.60. The van der Waals surface area contributed by atoms with Crippen molar-refractivity contribution in [2.75, 3.05) is 5.75 Å². The molecule has 1 aromatic carbocycles. The van der Waals surface area contributed by atoms with E-state index in [1.807, 2.05) is 0 Å². The molecule has 1 aliphatic rings. The van der Waals surface area contributed by atoms with Crippen LogP contribution in [0.4, 0.5) is 4.39 Å². The lowest BCUT2D eigenvalue weighted by atomic mass is 10.1. The van der Waals surface area contributed by atoms with E-state index in [2.05, 4.69) is 0 Å². The van der Waals surface area contributed by atoms with Crippen LogP contribution in [0.15, 0.2) is 18.2 Å². The van der Waals surface area contributed by atoms with Crippen molar-refractivity contribution >= 4 is 15.8 Å². The van der Waals surface area contributed by atoms with Crippen LogP contribution in [0.25, 0.3) is 0 Å². The van der Waals surface area contributed by atoms with Gasteiger partial charge >= 0.3 is 5.97 Å². The molecule has 1 aromatic rings. The molecule has 1 N–H and O–H groups in total. The quantitative estimate of drug-likeness (QED) is 0.865. The number of benzene rings is 1. The fourth-order valence-corrected chi connectivity index (χ4v) is 4.49. The average Bonchev–Trinajstić information content (AvgIpc) is 3.08. The van der Waals surface area contributed by atoms with Crippen LogP contribution in [-0.2, 0) is 20.4 Å². The fraction of sp³-hybridized carbons (Fsp3) is 0.429. The first-order chi connectivity index (χ1) is 9.75. The maximum Gasteiger partial charge on any atom is 0.303 e. The van der Waals surface area contributed by atoms with Crippen LogP contribution in [0.3, 0.4) is 0 Å². The van der Waals surface area contributed by atoms with Crippen molar-refractivity contribution in [1.82, 2.24) is 0 Å². The van der Waals surface area contributed by atoms with Gasteiger partial charge in [-0.1, -0.05) is 6.07 Å². The van der Waals surface area contributed by atoms with E-state index >= 15 is 0 Å². The largest absolute Gasteiger partial charge is 0.481 e. The molecule has 21 heavy (non-hydrogen) atoms. The minimum absolute atomic E-state index is 0.000116. The maximum absolute atomic E-state index is 13.7. The second-order valence-electron chi connectivity index (χ2n) is 5.52. The van der Waals surface area contributed by atoms with E-state index in [1.165, 1.54) is 12.1 Å². The van der Waals surface area contributed by atoms with Crippen molar-refractivity contribution in [1.29, 1.82) is 5.26 Å². The summed E-state index contributed by atoms with van der Waals surface area (Å²) in [4.78, 5) is 10.7. The second kappa shape index (κ2) is 5.45. The highest BCUT2D eigenvalue weighted by Gasteiger charge is 2.47. The summed E-state index contributed by atoms with van der Waals surface area (Å²) >= 11 is 0. The molecule has 0 aromatic heterocycles. The minimum atomic E-state index is -3.60. The van der Waals surface area contributed by atoms with Crippen LogP contribution in [-0.4, -0.2) is 25.2 Å². The first-order valence-corrected chi connectivity index (χ1v) is 8.18. The van der Waals surface area contributed by atoms with Gasteiger partial charge in [-0.3, -0.25) is 4.79 Å².